The first-order valence-corrected chi connectivity index (χ1v) is 11.7. The molecule has 0 saturated heterocycles. The van der Waals surface area contributed by atoms with Crippen molar-refractivity contribution in [3.05, 3.63) is 30.3 Å². The van der Waals surface area contributed by atoms with Crippen molar-refractivity contribution < 1.29 is 9.90 Å². The number of carboxylic acids is 1. The summed E-state index contributed by atoms with van der Waals surface area (Å²) in [6.45, 7) is 0. The molecule has 3 nitrogen and oxygen atoms in total. The third kappa shape index (κ3) is 3.36. The third-order valence-corrected chi connectivity index (χ3v) is 9.65. The zero-order valence-corrected chi connectivity index (χ0v) is 11.2. The van der Waals surface area contributed by atoms with Gasteiger partial charge in [0.2, 0.25) is 0 Å². The summed E-state index contributed by atoms with van der Waals surface area (Å²) in [4.78, 5) is 10.7. The molecular weight excluding hydrogens is 251 g/mol. The van der Waals surface area contributed by atoms with Gasteiger partial charge in [0.05, 0.1) is 0 Å². The van der Waals surface area contributed by atoms with Crippen molar-refractivity contribution in [1.29, 1.82) is 0 Å². The van der Waals surface area contributed by atoms with E-state index in [0.29, 0.717) is 5.25 Å². The molecule has 0 aliphatic rings. The minimum absolute atomic E-state index is 0.624. The molecule has 0 saturated carbocycles. The molecule has 82 valence electrons. The Hall–Kier alpha value is -0.807. The van der Waals surface area contributed by atoms with Crippen LogP contribution < -0.4 is 10.1 Å². The van der Waals surface area contributed by atoms with Gasteiger partial charge in [-0.15, -0.1) is 0 Å². The number of hydrogen-bond acceptors (Lipinski definition) is 2. The van der Waals surface area contributed by atoms with Crippen molar-refractivity contribution in [2.24, 2.45) is 5.73 Å². The second-order valence-electron chi connectivity index (χ2n) is 4.40. The van der Waals surface area contributed by atoms with Crippen LogP contribution in [0.3, 0.4) is 0 Å². The molecule has 1 atom stereocenters. The van der Waals surface area contributed by atoms with E-state index >= 15 is 0 Å². The standard InChI is InChI=1S/C11H17GeNO2/c1-12(2,8-10(13)11(14)15)9-6-4-3-5-7-9/h3-7,10H,8,13H2,1-2H3,(H,14,15)/t10-/m1/s1. The Morgan fingerprint density at radius 1 is 1.40 bits per heavy atom. The van der Waals surface area contributed by atoms with Gasteiger partial charge in [0, 0.05) is 0 Å². The number of carboxylic acid groups (broad SMARTS) is 1. The molecule has 1 rings (SSSR count). The molecule has 0 radical (unpaired) electrons. The van der Waals surface area contributed by atoms with Crippen LogP contribution in [0.15, 0.2) is 30.3 Å². The Kier molecular flexibility index (Phi) is 3.93. The fourth-order valence-corrected chi connectivity index (χ4v) is 7.11. The molecule has 0 bridgehead atoms. The Bertz CT molecular complexity index is 338. The van der Waals surface area contributed by atoms with E-state index in [9.17, 15) is 4.79 Å². The molecule has 0 aromatic heterocycles. The Labute approximate surface area is 92.7 Å². The van der Waals surface area contributed by atoms with Gasteiger partial charge in [-0.05, 0) is 0 Å². The van der Waals surface area contributed by atoms with Gasteiger partial charge < -0.3 is 0 Å². The molecule has 0 unspecified atom stereocenters. The number of aliphatic carboxylic acids is 1. The number of benzene rings is 1. The second kappa shape index (κ2) is 4.81. The van der Waals surface area contributed by atoms with E-state index in [4.69, 9.17) is 10.8 Å². The van der Waals surface area contributed by atoms with Crippen LogP contribution in [0.2, 0.25) is 16.8 Å². The quantitative estimate of drug-likeness (QED) is 0.801. The van der Waals surface area contributed by atoms with Crippen LogP contribution in [0.5, 0.6) is 0 Å². The van der Waals surface area contributed by atoms with Crippen molar-refractivity contribution in [1.82, 2.24) is 0 Å². The normalized spacial score (nSPS) is 13.5. The van der Waals surface area contributed by atoms with E-state index in [0.717, 1.165) is 0 Å². The maximum absolute atomic E-state index is 10.7. The number of rotatable bonds is 4. The van der Waals surface area contributed by atoms with Crippen LogP contribution in [-0.2, 0) is 4.79 Å². The predicted octanol–water partition coefficient (Wildman–Crippen LogP) is 1.01. The molecule has 1 aromatic carbocycles. The summed E-state index contributed by atoms with van der Waals surface area (Å²) in [6.07, 6.45) is 0. The molecule has 0 aliphatic carbocycles. The first-order chi connectivity index (χ1) is 6.93. The van der Waals surface area contributed by atoms with Crippen molar-refractivity contribution in [2.45, 2.75) is 22.8 Å². The number of nitrogens with two attached hydrogens (primary N) is 1. The minimum atomic E-state index is -2.24. The summed E-state index contributed by atoms with van der Waals surface area (Å²) in [5.74, 6) is 3.49. The van der Waals surface area contributed by atoms with E-state index in [2.05, 4.69) is 23.6 Å². The summed E-state index contributed by atoms with van der Waals surface area (Å²) in [7, 11) is 0. The number of carbonyl (C=O) groups is 1. The van der Waals surface area contributed by atoms with E-state index in [-0.39, 0.29) is 0 Å². The van der Waals surface area contributed by atoms with Gasteiger partial charge in [-0.2, -0.15) is 0 Å². The third-order valence-electron chi connectivity index (χ3n) is 2.60. The summed E-state index contributed by atoms with van der Waals surface area (Å²) in [5.41, 5.74) is 5.59. The molecular formula is C11H17GeNO2. The van der Waals surface area contributed by atoms with E-state index in [1.165, 1.54) is 4.40 Å². The van der Waals surface area contributed by atoms with Crippen molar-refractivity contribution >= 4 is 23.6 Å². The zero-order valence-electron chi connectivity index (χ0n) is 9.10. The topological polar surface area (TPSA) is 63.3 Å². The van der Waals surface area contributed by atoms with Gasteiger partial charge in [0.15, 0.2) is 0 Å². The average Bonchev–Trinajstić information content (AvgIpc) is 2.18. The van der Waals surface area contributed by atoms with E-state index in [1.54, 1.807) is 0 Å². The van der Waals surface area contributed by atoms with Crippen LogP contribution in [0, 0.1) is 0 Å². The summed E-state index contributed by atoms with van der Waals surface area (Å²) in [6, 6.07) is 9.39. The van der Waals surface area contributed by atoms with Crippen LogP contribution in [0.4, 0.5) is 0 Å². The van der Waals surface area contributed by atoms with Crippen LogP contribution in [0.25, 0.3) is 0 Å². The van der Waals surface area contributed by atoms with Crippen molar-refractivity contribution in [2.75, 3.05) is 0 Å². The molecule has 0 spiro atoms. The van der Waals surface area contributed by atoms with Crippen LogP contribution in [-0.4, -0.2) is 30.4 Å². The first kappa shape index (κ1) is 12.3. The van der Waals surface area contributed by atoms with E-state index < -0.39 is 25.3 Å². The second-order valence-corrected chi connectivity index (χ2v) is 14.4. The monoisotopic (exact) mass is 269 g/mol. The van der Waals surface area contributed by atoms with Gasteiger partial charge in [0.25, 0.3) is 0 Å². The Morgan fingerprint density at radius 2 is 1.93 bits per heavy atom. The van der Waals surface area contributed by atoms with Crippen LogP contribution >= 0.6 is 0 Å². The molecule has 4 heteroatoms. The van der Waals surface area contributed by atoms with Crippen molar-refractivity contribution in [3.8, 4) is 0 Å². The SMILES string of the molecule is [CH3][Ge]([CH3])([CH2][C@@H](N)C(=O)O)[c]1ccccc1. The van der Waals surface area contributed by atoms with Gasteiger partial charge >= 0.3 is 92.4 Å². The molecule has 1 aromatic rings. The number of hydrogen-bond donors (Lipinski definition) is 2. The average molecular weight is 268 g/mol. The van der Waals surface area contributed by atoms with E-state index in [1.807, 2.05) is 18.2 Å². The predicted molar refractivity (Wildman–Crippen MR) is 64.0 cm³/mol. The first-order valence-electron chi connectivity index (χ1n) is 4.97. The molecule has 0 amide bonds. The van der Waals surface area contributed by atoms with Gasteiger partial charge in [-0.25, -0.2) is 0 Å². The molecule has 15 heavy (non-hydrogen) atoms. The molecule has 0 fully saturated rings. The Balaban J connectivity index is 2.80. The Morgan fingerprint density at radius 3 is 2.40 bits per heavy atom. The zero-order chi connectivity index (χ0) is 11.5. The van der Waals surface area contributed by atoms with Gasteiger partial charge in [-0.1, -0.05) is 0 Å². The fraction of sp³-hybridized carbons (Fsp3) is 0.364. The van der Waals surface area contributed by atoms with Gasteiger partial charge in [0.1, 0.15) is 0 Å². The summed E-state index contributed by atoms with van der Waals surface area (Å²) in [5, 5.41) is 9.42. The molecule has 3 N–H and O–H groups in total. The molecule has 0 heterocycles. The van der Waals surface area contributed by atoms with Gasteiger partial charge in [-0.3, -0.25) is 0 Å². The summed E-state index contributed by atoms with van der Waals surface area (Å²) >= 11 is -2.24. The maximum atomic E-state index is 10.7. The molecule has 0 aliphatic heterocycles. The summed E-state index contributed by atoms with van der Waals surface area (Å²) < 4.78 is 1.30. The van der Waals surface area contributed by atoms with Crippen LogP contribution in [0.1, 0.15) is 0 Å². The van der Waals surface area contributed by atoms with Crippen molar-refractivity contribution in [3.63, 3.8) is 0 Å². The fourth-order valence-electron chi connectivity index (χ4n) is 1.64.